The second kappa shape index (κ2) is 8.71. The number of pyridine rings is 1. The number of nitrogens with one attached hydrogen (secondary N) is 3. The standard InChI is InChI=1S/C25H29N7O2S/c1-15-13-31(11-10-30(15)2)25(33)16-4-5-17-20(12-16)35-24-21(17)23(26-14-27-24)29-18-7-9-32-19(6-8-28-32)22(18)34-3/h4-9,12,15,23,26-27,29H,10-11,13-14H2,1-3H3/t15-,23?/m1/s1. The summed E-state index contributed by atoms with van der Waals surface area (Å²) in [7, 11) is 3.79. The van der Waals surface area contributed by atoms with Crippen LogP contribution >= 0.6 is 11.3 Å². The molecule has 182 valence electrons. The second-order valence-electron chi connectivity index (χ2n) is 9.20. The average Bonchev–Trinajstić information content (AvgIpc) is 3.49. The highest BCUT2D eigenvalue weighted by Crippen LogP contribution is 2.43. The first-order valence-electron chi connectivity index (χ1n) is 11.8. The van der Waals surface area contributed by atoms with Gasteiger partial charge in [-0.2, -0.15) is 5.10 Å². The van der Waals surface area contributed by atoms with Crippen LogP contribution in [-0.2, 0) is 0 Å². The summed E-state index contributed by atoms with van der Waals surface area (Å²) in [4.78, 5) is 17.5. The Kier molecular flexibility index (Phi) is 5.51. The lowest BCUT2D eigenvalue weighted by molar-refractivity contribution is 0.0572. The molecule has 1 amide bonds. The first-order chi connectivity index (χ1) is 17.0. The molecule has 2 aliphatic rings. The van der Waals surface area contributed by atoms with Crippen molar-refractivity contribution in [1.29, 1.82) is 0 Å². The number of methoxy groups -OCH3 is 1. The minimum atomic E-state index is -0.112. The molecule has 1 fully saturated rings. The summed E-state index contributed by atoms with van der Waals surface area (Å²) in [6, 6.07) is 10.4. The maximum Gasteiger partial charge on any atom is 0.254 e. The Hall–Kier alpha value is -3.34. The third kappa shape index (κ3) is 3.78. The summed E-state index contributed by atoms with van der Waals surface area (Å²) in [5.74, 6) is 0.860. The molecule has 3 aromatic heterocycles. The SMILES string of the molecule is COc1c(NC2NCNc3sc4cc(C(=O)N5CCN(C)[C@H](C)C5)ccc4c32)ccn2nccc12. The van der Waals surface area contributed by atoms with Crippen molar-refractivity contribution in [2.24, 2.45) is 0 Å². The van der Waals surface area contributed by atoms with Crippen LogP contribution in [0.25, 0.3) is 15.6 Å². The topological polar surface area (TPSA) is 86.2 Å². The maximum absolute atomic E-state index is 13.3. The van der Waals surface area contributed by atoms with Gasteiger partial charge in [-0.15, -0.1) is 11.3 Å². The number of thiophene rings is 1. The molecule has 6 rings (SSSR count). The molecule has 1 unspecified atom stereocenters. The zero-order chi connectivity index (χ0) is 24.1. The highest BCUT2D eigenvalue weighted by atomic mass is 32.1. The lowest BCUT2D eigenvalue weighted by Gasteiger charge is -2.37. The molecule has 1 saturated heterocycles. The number of amides is 1. The van der Waals surface area contributed by atoms with E-state index in [1.54, 1.807) is 29.2 Å². The highest BCUT2D eigenvalue weighted by molar-refractivity contribution is 7.23. The number of hydrogen-bond donors (Lipinski definition) is 3. The van der Waals surface area contributed by atoms with E-state index in [1.165, 1.54) is 0 Å². The van der Waals surface area contributed by atoms with Crippen molar-refractivity contribution in [3.8, 4) is 5.75 Å². The Morgan fingerprint density at radius 2 is 2.14 bits per heavy atom. The molecule has 0 saturated carbocycles. The summed E-state index contributed by atoms with van der Waals surface area (Å²) >= 11 is 1.69. The van der Waals surface area contributed by atoms with Crippen molar-refractivity contribution in [3.63, 3.8) is 0 Å². The fourth-order valence-electron chi connectivity index (χ4n) is 5.00. The number of hydrogen-bond acceptors (Lipinski definition) is 8. The monoisotopic (exact) mass is 491 g/mol. The minimum Gasteiger partial charge on any atom is -0.492 e. The van der Waals surface area contributed by atoms with Crippen LogP contribution in [0.4, 0.5) is 10.7 Å². The number of anilines is 2. The van der Waals surface area contributed by atoms with Gasteiger partial charge >= 0.3 is 0 Å². The van der Waals surface area contributed by atoms with Crippen LogP contribution in [0.5, 0.6) is 5.75 Å². The number of piperazine rings is 1. The summed E-state index contributed by atoms with van der Waals surface area (Å²) in [6.45, 7) is 5.23. The molecule has 35 heavy (non-hydrogen) atoms. The van der Waals surface area contributed by atoms with Gasteiger partial charge in [-0.25, -0.2) is 4.52 Å². The van der Waals surface area contributed by atoms with Crippen LogP contribution in [0.15, 0.2) is 42.7 Å². The van der Waals surface area contributed by atoms with Crippen molar-refractivity contribution in [1.82, 2.24) is 24.7 Å². The van der Waals surface area contributed by atoms with Crippen molar-refractivity contribution in [2.45, 2.75) is 19.1 Å². The van der Waals surface area contributed by atoms with Crippen LogP contribution in [0.2, 0.25) is 0 Å². The largest absolute Gasteiger partial charge is 0.492 e. The lowest BCUT2D eigenvalue weighted by Crippen LogP contribution is -2.52. The van der Waals surface area contributed by atoms with Gasteiger partial charge < -0.3 is 25.2 Å². The minimum absolute atomic E-state index is 0.109. The van der Waals surface area contributed by atoms with E-state index >= 15 is 0 Å². The van der Waals surface area contributed by atoms with E-state index in [0.717, 1.165) is 62.8 Å². The third-order valence-electron chi connectivity index (χ3n) is 7.10. The first kappa shape index (κ1) is 22.1. The molecule has 5 heterocycles. The number of fused-ring (bicyclic) bond motifs is 4. The number of likely N-dealkylation sites (N-methyl/N-ethyl adjacent to an activating group) is 1. The van der Waals surface area contributed by atoms with Crippen molar-refractivity contribution >= 4 is 43.5 Å². The van der Waals surface area contributed by atoms with Crippen LogP contribution in [0, 0.1) is 0 Å². The van der Waals surface area contributed by atoms with Gasteiger partial charge in [-0.3, -0.25) is 10.1 Å². The second-order valence-corrected chi connectivity index (χ2v) is 10.2. The van der Waals surface area contributed by atoms with E-state index in [1.807, 2.05) is 35.4 Å². The predicted molar refractivity (Wildman–Crippen MR) is 140 cm³/mol. The molecular formula is C25H29N7O2S. The smallest absolute Gasteiger partial charge is 0.254 e. The molecule has 10 heteroatoms. The Morgan fingerprint density at radius 1 is 1.26 bits per heavy atom. The predicted octanol–water partition coefficient (Wildman–Crippen LogP) is 3.42. The number of nitrogens with zero attached hydrogens (tertiary/aromatic N) is 4. The summed E-state index contributed by atoms with van der Waals surface area (Å²) in [5, 5.41) is 17.2. The van der Waals surface area contributed by atoms with E-state index in [2.05, 4.69) is 46.0 Å². The van der Waals surface area contributed by atoms with E-state index < -0.39 is 0 Å². The van der Waals surface area contributed by atoms with Gasteiger partial charge in [0.05, 0.1) is 30.7 Å². The quantitative estimate of drug-likeness (QED) is 0.403. The van der Waals surface area contributed by atoms with Crippen LogP contribution in [-0.4, -0.2) is 71.8 Å². The molecular weight excluding hydrogens is 462 g/mol. The molecule has 4 aromatic rings. The van der Waals surface area contributed by atoms with E-state index in [4.69, 9.17) is 4.74 Å². The summed E-state index contributed by atoms with van der Waals surface area (Å²) in [6.07, 6.45) is 3.57. The molecule has 0 spiro atoms. The van der Waals surface area contributed by atoms with Gasteiger partial charge in [0, 0.05) is 53.1 Å². The van der Waals surface area contributed by atoms with Crippen molar-refractivity contribution < 1.29 is 9.53 Å². The fraction of sp³-hybridized carbons (Fsp3) is 0.360. The van der Waals surface area contributed by atoms with Gasteiger partial charge in [0.2, 0.25) is 0 Å². The first-order valence-corrected chi connectivity index (χ1v) is 12.6. The highest BCUT2D eigenvalue weighted by Gasteiger charge is 2.28. The van der Waals surface area contributed by atoms with Gasteiger partial charge in [-0.05, 0) is 38.2 Å². The van der Waals surface area contributed by atoms with Crippen LogP contribution in [0.3, 0.4) is 0 Å². The van der Waals surface area contributed by atoms with Gasteiger partial charge in [0.25, 0.3) is 5.91 Å². The number of carbonyl (C=O) groups excluding carboxylic acids is 1. The van der Waals surface area contributed by atoms with E-state index in [0.29, 0.717) is 12.7 Å². The molecule has 0 bridgehead atoms. The molecule has 0 aliphatic carbocycles. The Morgan fingerprint density at radius 3 is 2.97 bits per heavy atom. The zero-order valence-corrected chi connectivity index (χ0v) is 20.9. The van der Waals surface area contributed by atoms with Gasteiger partial charge in [0.15, 0.2) is 5.75 Å². The van der Waals surface area contributed by atoms with E-state index in [-0.39, 0.29) is 12.1 Å². The van der Waals surface area contributed by atoms with Crippen LogP contribution in [0.1, 0.15) is 29.0 Å². The maximum atomic E-state index is 13.3. The Labute approximate surface area is 207 Å². The number of rotatable bonds is 4. The van der Waals surface area contributed by atoms with Crippen LogP contribution < -0.4 is 20.7 Å². The normalized spacial score (nSPS) is 20.6. The van der Waals surface area contributed by atoms with Crippen molar-refractivity contribution in [3.05, 3.63) is 53.9 Å². The number of aromatic nitrogens is 2. The van der Waals surface area contributed by atoms with Crippen molar-refractivity contribution in [2.75, 3.05) is 51.1 Å². The van der Waals surface area contributed by atoms with Gasteiger partial charge in [0.1, 0.15) is 11.7 Å². The number of ether oxygens (including phenoxy) is 1. The molecule has 2 aliphatic heterocycles. The number of benzene rings is 1. The van der Waals surface area contributed by atoms with E-state index in [9.17, 15) is 4.79 Å². The third-order valence-corrected chi connectivity index (χ3v) is 8.23. The lowest BCUT2D eigenvalue weighted by atomic mass is 10.1. The zero-order valence-electron chi connectivity index (χ0n) is 20.0. The van der Waals surface area contributed by atoms with Gasteiger partial charge in [-0.1, -0.05) is 6.07 Å². The molecule has 0 radical (unpaired) electrons. The molecule has 1 aromatic carbocycles. The Balaban J connectivity index is 1.31. The molecule has 2 atom stereocenters. The Bertz CT molecular complexity index is 1410. The fourth-order valence-corrected chi connectivity index (χ4v) is 6.17. The number of carbonyl (C=O) groups is 1. The summed E-state index contributed by atoms with van der Waals surface area (Å²) in [5.41, 5.74) is 3.70. The molecule has 3 N–H and O–H groups in total. The molecule has 9 nitrogen and oxygen atoms in total. The average molecular weight is 492 g/mol. The summed E-state index contributed by atoms with van der Waals surface area (Å²) < 4.78 is 8.62.